The molecular weight excluding hydrogens is 338 g/mol. The zero-order chi connectivity index (χ0) is 16.7. The van der Waals surface area contributed by atoms with Gasteiger partial charge in [0.1, 0.15) is 0 Å². The Hall–Kier alpha value is -1.59. The Kier molecular flexibility index (Phi) is 5.35. The van der Waals surface area contributed by atoms with Gasteiger partial charge in [-0.15, -0.1) is 12.4 Å². The van der Waals surface area contributed by atoms with Crippen LogP contribution in [0.4, 0.5) is 0 Å². The van der Waals surface area contributed by atoms with E-state index in [-0.39, 0.29) is 36.2 Å². The van der Waals surface area contributed by atoms with Crippen molar-refractivity contribution in [1.29, 1.82) is 0 Å². The number of carbonyl (C=O) groups excluding carboxylic acids is 2. The predicted octanol–water partition coefficient (Wildman–Crippen LogP) is 1.70. The Morgan fingerprint density at radius 1 is 1.12 bits per heavy atom. The molecule has 136 valence electrons. The van der Waals surface area contributed by atoms with Crippen LogP contribution in [0, 0.1) is 17.8 Å². The van der Waals surface area contributed by atoms with Gasteiger partial charge in [0.05, 0.1) is 12.0 Å². The molecule has 1 aromatic carbocycles. The van der Waals surface area contributed by atoms with Crippen LogP contribution >= 0.6 is 12.4 Å². The number of nitrogens with zero attached hydrogens (tertiary/aromatic N) is 2. The van der Waals surface area contributed by atoms with E-state index >= 15 is 0 Å². The molecule has 5 nitrogen and oxygen atoms in total. The Bertz CT molecular complexity index is 627. The lowest BCUT2D eigenvalue weighted by atomic mass is 10.0. The lowest BCUT2D eigenvalue weighted by molar-refractivity contribution is -0.135. The molecule has 0 aliphatic carbocycles. The summed E-state index contributed by atoms with van der Waals surface area (Å²) in [6.45, 7) is 6.36. The number of halogens is 1. The highest BCUT2D eigenvalue weighted by molar-refractivity contribution is 5.89. The quantitative estimate of drug-likeness (QED) is 0.889. The van der Waals surface area contributed by atoms with E-state index in [1.165, 1.54) is 0 Å². The van der Waals surface area contributed by atoms with Gasteiger partial charge in [0.2, 0.25) is 11.8 Å². The maximum absolute atomic E-state index is 12.9. The minimum Gasteiger partial charge on any atom is -0.342 e. The van der Waals surface area contributed by atoms with Crippen LogP contribution < -0.4 is 5.32 Å². The van der Waals surface area contributed by atoms with Crippen molar-refractivity contribution in [2.45, 2.75) is 19.4 Å². The molecule has 0 saturated carbocycles. The van der Waals surface area contributed by atoms with Crippen LogP contribution in [-0.4, -0.2) is 54.3 Å². The first kappa shape index (κ1) is 18.2. The van der Waals surface area contributed by atoms with E-state index < -0.39 is 0 Å². The van der Waals surface area contributed by atoms with Gasteiger partial charge < -0.3 is 15.1 Å². The summed E-state index contributed by atoms with van der Waals surface area (Å²) in [6, 6.07) is 10.1. The third kappa shape index (κ3) is 3.40. The molecule has 3 saturated heterocycles. The van der Waals surface area contributed by atoms with E-state index in [9.17, 15) is 9.59 Å². The van der Waals surface area contributed by atoms with Crippen LogP contribution in [0.2, 0.25) is 0 Å². The maximum Gasteiger partial charge on any atom is 0.228 e. The number of benzene rings is 1. The van der Waals surface area contributed by atoms with Gasteiger partial charge in [0.15, 0.2) is 0 Å². The second-order valence-electron chi connectivity index (χ2n) is 7.46. The van der Waals surface area contributed by atoms with Crippen LogP contribution in [0.1, 0.15) is 24.9 Å². The standard InChI is InChI=1S/C19H25N3O2.ClH/c1-13(14-5-3-2-4-6-14)22-12-15(7-18(22)23)19(24)21-10-16-8-20-9-17(16)11-21;/h2-6,13,15-17,20H,7-12H2,1H3;1H/t13?,15?,16-,17+;. The van der Waals surface area contributed by atoms with Gasteiger partial charge in [-0.05, 0) is 24.3 Å². The first-order valence-electron chi connectivity index (χ1n) is 8.97. The molecule has 1 aromatic rings. The second kappa shape index (κ2) is 7.34. The van der Waals surface area contributed by atoms with E-state index in [0.29, 0.717) is 24.8 Å². The second-order valence-corrected chi connectivity index (χ2v) is 7.46. The summed E-state index contributed by atoms with van der Waals surface area (Å²) in [5, 5.41) is 3.40. The number of likely N-dealkylation sites (tertiary alicyclic amines) is 2. The zero-order valence-electron chi connectivity index (χ0n) is 14.6. The van der Waals surface area contributed by atoms with E-state index in [2.05, 4.69) is 5.32 Å². The number of carbonyl (C=O) groups is 2. The maximum atomic E-state index is 12.9. The molecule has 0 aromatic heterocycles. The first-order chi connectivity index (χ1) is 11.6. The zero-order valence-corrected chi connectivity index (χ0v) is 15.4. The Morgan fingerprint density at radius 3 is 2.40 bits per heavy atom. The summed E-state index contributed by atoms with van der Waals surface area (Å²) >= 11 is 0. The lowest BCUT2D eigenvalue weighted by Gasteiger charge is -2.26. The van der Waals surface area contributed by atoms with Crippen molar-refractivity contribution in [3.05, 3.63) is 35.9 Å². The number of nitrogens with one attached hydrogen (secondary N) is 1. The monoisotopic (exact) mass is 363 g/mol. The number of rotatable bonds is 3. The molecule has 4 rings (SSSR count). The van der Waals surface area contributed by atoms with Crippen LogP contribution in [0.3, 0.4) is 0 Å². The summed E-state index contributed by atoms with van der Waals surface area (Å²) in [5.41, 5.74) is 1.13. The van der Waals surface area contributed by atoms with Gasteiger partial charge in [-0.25, -0.2) is 0 Å². The molecule has 3 aliphatic heterocycles. The normalized spacial score (nSPS) is 29.5. The van der Waals surface area contributed by atoms with Crippen molar-refractivity contribution in [1.82, 2.24) is 15.1 Å². The molecule has 2 unspecified atom stereocenters. The van der Waals surface area contributed by atoms with E-state index in [1.807, 2.05) is 47.1 Å². The number of hydrogen-bond donors (Lipinski definition) is 1. The van der Waals surface area contributed by atoms with Gasteiger partial charge in [-0.2, -0.15) is 0 Å². The van der Waals surface area contributed by atoms with Gasteiger partial charge in [-0.3, -0.25) is 9.59 Å². The van der Waals surface area contributed by atoms with Crippen molar-refractivity contribution >= 4 is 24.2 Å². The summed E-state index contributed by atoms with van der Waals surface area (Å²) in [6.07, 6.45) is 0.361. The molecule has 0 bridgehead atoms. The van der Waals surface area contributed by atoms with Crippen LogP contribution in [0.15, 0.2) is 30.3 Å². The van der Waals surface area contributed by atoms with Crippen LogP contribution in [0.25, 0.3) is 0 Å². The molecule has 3 heterocycles. The summed E-state index contributed by atoms with van der Waals surface area (Å²) in [4.78, 5) is 29.2. The molecule has 0 spiro atoms. The first-order valence-corrected chi connectivity index (χ1v) is 8.97. The fourth-order valence-corrected chi connectivity index (χ4v) is 4.48. The van der Waals surface area contributed by atoms with E-state index in [0.717, 1.165) is 31.7 Å². The van der Waals surface area contributed by atoms with Crippen molar-refractivity contribution in [2.75, 3.05) is 32.7 Å². The Labute approximate surface area is 155 Å². The highest BCUT2D eigenvalue weighted by Crippen LogP contribution is 2.32. The molecule has 4 atom stereocenters. The SMILES string of the molecule is CC(c1ccccc1)N1CC(C(=O)N2C[C@H]3CNC[C@H]3C2)CC1=O.Cl. The van der Waals surface area contributed by atoms with Gasteiger partial charge in [0, 0.05) is 39.1 Å². The predicted molar refractivity (Wildman–Crippen MR) is 98.4 cm³/mol. The highest BCUT2D eigenvalue weighted by Gasteiger charge is 2.43. The van der Waals surface area contributed by atoms with Crippen molar-refractivity contribution < 1.29 is 9.59 Å². The number of hydrogen-bond acceptors (Lipinski definition) is 3. The fourth-order valence-electron chi connectivity index (χ4n) is 4.48. The molecule has 0 radical (unpaired) electrons. The van der Waals surface area contributed by atoms with E-state index in [1.54, 1.807) is 0 Å². The fraction of sp³-hybridized carbons (Fsp3) is 0.579. The lowest BCUT2D eigenvalue weighted by Crippen LogP contribution is -2.38. The molecule has 25 heavy (non-hydrogen) atoms. The van der Waals surface area contributed by atoms with Crippen molar-refractivity contribution in [2.24, 2.45) is 17.8 Å². The molecule has 3 fully saturated rings. The number of amides is 2. The van der Waals surface area contributed by atoms with Crippen LogP contribution in [0.5, 0.6) is 0 Å². The molecular formula is C19H26ClN3O2. The minimum atomic E-state index is -0.171. The largest absolute Gasteiger partial charge is 0.342 e. The molecule has 2 amide bonds. The summed E-state index contributed by atoms with van der Waals surface area (Å²) in [5.74, 6) is 1.32. The Morgan fingerprint density at radius 2 is 1.76 bits per heavy atom. The smallest absolute Gasteiger partial charge is 0.228 e. The van der Waals surface area contributed by atoms with E-state index in [4.69, 9.17) is 0 Å². The van der Waals surface area contributed by atoms with Gasteiger partial charge >= 0.3 is 0 Å². The molecule has 6 heteroatoms. The van der Waals surface area contributed by atoms with Gasteiger partial charge in [-0.1, -0.05) is 30.3 Å². The Balaban J connectivity index is 0.00000182. The molecule has 3 aliphatic rings. The third-order valence-electron chi connectivity index (χ3n) is 5.96. The minimum absolute atomic E-state index is 0. The average Bonchev–Trinajstić information content (AvgIpc) is 3.28. The molecule has 1 N–H and O–H groups in total. The number of fused-ring (bicyclic) bond motifs is 1. The summed E-state index contributed by atoms with van der Waals surface area (Å²) in [7, 11) is 0. The summed E-state index contributed by atoms with van der Waals surface area (Å²) < 4.78 is 0. The van der Waals surface area contributed by atoms with Crippen LogP contribution in [-0.2, 0) is 9.59 Å². The van der Waals surface area contributed by atoms with Crippen molar-refractivity contribution in [3.63, 3.8) is 0 Å². The third-order valence-corrected chi connectivity index (χ3v) is 5.96. The average molecular weight is 364 g/mol. The topological polar surface area (TPSA) is 52.7 Å². The van der Waals surface area contributed by atoms with Gasteiger partial charge in [0.25, 0.3) is 0 Å². The van der Waals surface area contributed by atoms with Crippen molar-refractivity contribution in [3.8, 4) is 0 Å². The highest BCUT2D eigenvalue weighted by atomic mass is 35.5.